The van der Waals surface area contributed by atoms with Crippen molar-refractivity contribution in [1.29, 1.82) is 0 Å². The first-order chi connectivity index (χ1) is 12.3. The topological polar surface area (TPSA) is 95.7 Å². The Balaban J connectivity index is 2.53. The van der Waals surface area contributed by atoms with Crippen LogP contribution in [0, 0.1) is 0 Å². The van der Waals surface area contributed by atoms with Crippen LogP contribution in [0.15, 0.2) is 47.4 Å². The molecule has 0 spiro atoms. The maximum Gasteiger partial charge on any atom is 0.260 e. The molecule has 0 fully saturated rings. The van der Waals surface area contributed by atoms with E-state index in [1.165, 1.54) is 20.3 Å². The molecule has 0 atom stereocenters. The number of primary amides is 1. The summed E-state index contributed by atoms with van der Waals surface area (Å²) in [6, 6.07) is 11.2. The Morgan fingerprint density at radius 1 is 1.08 bits per heavy atom. The van der Waals surface area contributed by atoms with E-state index in [2.05, 4.69) is 0 Å². The third-order valence-corrected chi connectivity index (χ3v) is 5.54. The third-order valence-electron chi connectivity index (χ3n) is 3.59. The monoisotopic (exact) mass is 395 g/mol. The molecule has 2 rings (SSSR count). The van der Waals surface area contributed by atoms with Gasteiger partial charge < -0.3 is 15.2 Å². The van der Waals surface area contributed by atoms with E-state index in [-0.39, 0.29) is 0 Å². The van der Waals surface area contributed by atoms with Crippen molar-refractivity contribution >= 4 is 33.4 Å². The molecular formula is C18H18ClNO5S. The van der Waals surface area contributed by atoms with Gasteiger partial charge in [0.05, 0.1) is 25.5 Å². The van der Waals surface area contributed by atoms with Crippen LogP contribution in [0.5, 0.6) is 11.5 Å². The van der Waals surface area contributed by atoms with Gasteiger partial charge in [-0.15, -0.1) is 0 Å². The first-order valence-electron chi connectivity index (χ1n) is 7.48. The lowest BCUT2D eigenvalue weighted by atomic mass is 10.1. The number of carbonyl (C=O) groups is 1. The fraction of sp³-hybridized carbons (Fsp3) is 0.167. The molecule has 1 amide bonds. The Morgan fingerprint density at radius 2 is 1.62 bits per heavy atom. The van der Waals surface area contributed by atoms with Gasteiger partial charge in [-0.1, -0.05) is 29.8 Å². The molecule has 2 aromatic rings. The van der Waals surface area contributed by atoms with E-state index in [1.54, 1.807) is 42.5 Å². The summed E-state index contributed by atoms with van der Waals surface area (Å²) in [7, 11) is -1.15. The van der Waals surface area contributed by atoms with Crippen LogP contribution in [0.25, 0.3) is 6.08 Å². The number of ether oxygens (including phenoxy) is 2. The zero-order valence-corrected chi connectivity index (χ0v) is 15.8. The van der Waals surface area contributed by atoms with Crippen LogP contribution in [-0.4, -0.2) is 28.5 Å². The number of sulfone groups is 1. The molecular weight excluding hydrogens is 378 g/mol. The molecule has 6 nitrogen and oxygen atoms in total. The molecule has 26 heavy (non-hydrogen) atoms. The van der Waals surface area contributed by atoms with Crippen molar-refractivity contribution in [2.75, 3.05) is 14.2 Å². The van der Waals surface area contributed by atoms with Crippen molar-refractivity contribution in [3.8, 4) is 11.5 Å². The number of hydrogen-bond acceptors (Lipinski definition) is 5. The van der Waals surface area contributed by atoms with E-state index in [9.17, 15) is 13.2 Å². The zero-order chi connectivity index (χ0) is 19.3. The molecule has 0 aliphatic carbocycles. The molecule has 0 bridgehead atoms. The minimum atomic E-state index is -4.00. The molecule has 138 valence electrons. The number of benzene rings is 2. The molecule has 0 aliphatic rings. The Bertz CT molecular complexity index is 914. The molecule has 0 radical (unpaired) electrons. The highest BCUT2D eigenvalue weighted by Crippen LogP contribution is 2.32. The first-order valence-corrected chi connectivity index (χ1v) is 9.51. The summed E-state index contributed by atoms with van der Waals surface area (Å²) in [5.41, 5.74) is 6.13. The summed E-state index contributed by atoms with van der Waals surface area (Å²) < 4.78 is 35.9. The van der Waals surface area contributed by atoms with Crippen molar-refractivity contribution in [3.05, 3.63) is 63.5 Å². The molecule has 0 aromatic heterocycles. The second kappa shape index (κ2) is 8.25. The van der Waals surface area contributed by atoms with E-state index in [4.69, 9.17) is 26.8 Å². The maximum absolute atomic E-state index is 12.7. The van der Waals surface area contributed by atoms with Gasteiger partial charge in [-0.2, -0.15) is 0 Å². The quantitative estimate of drug-likeness (QED) is 0.727. The van der Waals surface area contributed by atoms with Gasteiger partial charge >= 0.3 is 0 Å². The Kier molecular flexibility index (Phi) is 6.28. The summed E-state index contributed by atoms with van der Waals surface area (Å²) in [6.07, 6.45) is 1.17. The highest BCUT2D eigenvalue weighted by Gasteiger charge is 2.25. The summed E-state index contributed by atoms with van der Waals surface area (Å²) in [5.74, 6) is -0.752. The van der Waals surface area contributed by atoms with Gasteiger partial charge in [0.25, 0.3) is 5.91 Å². The van der Waals surface area contributed by atoms with Crippen molar-refractivity contribution < 1.29 is 22.7 Å². The summed E-state index contributed by atoms with van der Waals surface area (Å²) in [4.78, 5) is 11.3. The van der Waals surface area contributed by atoms with Crippen molar-refractivity contribution in [1.82, 2.24) is 0 Å². The average Bonchev–Trinajstić information content (AvgIpc) is 2.60. The summed E-state index contributed by atoms with van der Waals surface area (Å²) in [5, 5.41) is 0.482. The Labute approximate surface area is 157 Å². The minimum absolute atomic E-state index is 0.311. The van der Waals surface area contributed by atoms with E-state index < -0.39 is 26.4 Å². The number of hydrogen-bond donors (Lipinski definition) is 1. The fourth-order valence-electron chi connectivity index (χ4n) is 2.35. The van der Waals surface area contributed by atoms with Gasteiger partial charge in [0.1, 0.15) is 16.4 Å². The van der Waals surface area contributed by atoms with Crippen LogP contribution < -0.4 is 15.2 Å². The van der Waals surface area contributed by atoms with Crippen molar-refractivity contribution in [2.45, 2.75) is 5.75 Å². The van der Waals surface area contributed by atoms with Crippen LogP contribution in [-0.2, 0) is 20.4 Å². The fourth-order valence-corrected chi connectivity index (χ4v) is 3.86. The van der Waals surface area contributed by atoms with Gasteiger partial charge in [0.2, 0.25) is 0 Å². The number of halogens is 1. The molecule has 0 saturated carbocycles. The standard InChI is InChI=1S/C18H18ClNO5S/c1-24-15-4-3-5-16(25-2)14(15)10-17(18(20)21)26(22,23)11-12-6-8-13(19)9-7-12/h3-10H,11H2,1-2H3,(H2,20,21)/b17-10-. The second-order valence-corrected chi connectivity index (χ2v) is 7.73. The first kappa shape index (κ1) is 19.8. The van der Waals surface area contributed by atoms with E-state index in [0.717, 1.165) is 0 Å². The number of carbonyl (C=O) groups excluding carboxylic acids is 1. The molecule has 2 aromatic carbocycles. The van der Waals surface area contributed by atoms with Crippen molar-refractivity contribution in [3.63, 3.8) is 0 Å². The van der Waals surface area contributed by atoms with Crippen LogP contribution >= 0.6 is 11.6 Å². The van der Waals surface area contributed by atoms with Crippen molar-refractivity contribution in [2.24, 2.45) is 5.73 Å². The zero-order valence-electron chi connectivity index (χ0n) is 14.2. The lowest BCUT2D eigenvalue weighted by molar-refractivity contribution is -0.113. The van der Waals surface area contributed by atoms with E-state index in [0.29, 0.717) is 27.6 Å². The second-order valence-electron chi connectivity index (χ2n) is 5.33. The number of rotatable bonds is 7. The lowest BCUT2D eigenvalue weighted by Crippen LogP contribution is -2.22. The molecule has 0 unspecified atom stereocenters. The normalized spacial score (nSPS) is 11.9. The predicted octanol–water partition coefficient (Wildman–Crippen LogP) is 2.80. The van der Waals surface area contributed by atoms with Gasteiger partial charge in [0.15, 0.2) is 9.84 Å². The Morgan fingerprint density at radius 3 is 2.08 bits per heavy atom. The maximum atomic E-state index is 12.7. The van der Waals surface area contributed by atoms with Crippen LogP contribution in [0.2, 0.25) is 5.02 Å². The molecule has 0 heterocycles. The van der Waals surface area contributed by atoms with E-state index >= 15 is 0 Å². The summed E-state index contributed by atoms with van der Waals surface area (Å²) >= 11 is 5.81. The molecule has 8 heteroatoms. The number of amides is 1. The van der Waals surface area contributed by atoms with Gasteiger partial charge in [-0.05, 0) is 35.9 Å². The van der Waals surface area contributed by atoms with Gasteiger partial charge in [-0.3, -0.25) is 4.79 Å². The predicted molar refractivity (Wildman–Crippen MR) is 101 cm³/mol. The smallest absolute Gasteiger partial charge is 0.260 e. The molecule has 0 aliphatic heterocycles. The highest BCUT2D eigenvalue weighted by atomic mass is 35.5. The molecule has 2 N–H and O–H groups in total. The lowest BCUT2D eigenvalue weighted by Gasteiger charge is -2.12. The Hall–Kier alpha value is -2.51. The minimum Gasteiger partial charge on any atom is -0.496 e. The largest absolute Gasteiger partial charge is 0.496 e. The summed E-state index contributed by atoms with van der Waals surface area (Å²) in [6.45, 7) is 0. The average molecular weight is 396 g/mol. The van der Waals surface area contributed by atoms with Crippen LogP contribution in [0.1, 0.15) is 11.1 Å². The van der Waals surface area contributed by atoms with Gasteiger partial charge in [-0.25, -0.2) is 8.42 Å². The van der Waals surface area contributed by atoms with Gasteiger partial charge in [0, 0.05) is 5.02 Å². The van der Waals surface area contributed by atoms with Crippen LogP contribution in [0.3, 0.4) is 0 Å². The number of methoxy groups -OCH3 is 2. The SMILES string of the molecule is COc1cccc(OC)c1/C=C(/C(N)=O)S(=O)(=O)Cc1ccc(Cl)cc1. The number of nitrogens with two attached hydrogens (primary N) is 1. The van der Waals surface area contributed by atoms with E-state index in [1.807, 2.05) is 0 Å². The van der Waals surface area contributed by atoms with Crippen LogP contribution in [0.4, 0.5) is 0 Å². The highest BCUT2D eigenvalue weighted by molar-refractivity contribution is 7.95. The molecule has 0 saturated heterocycles. The third kappa shape index (κ3) is 4.56.